The van der Waals surface area contributed by atoms with Gasteiger partial charge in [-0.15, -0.1) is 0 Å². The highest BCUT2D eigenvalue weighted by Gasteiger charge is 2.36. The molecule has 30 heavy (non-hydrogen) atoms. The van der Waals surface area contributed by atoms with Crippen molar-refractivity contribution in [3.63, 3.8) is 0 Å². The van der Waals surface area contributed by atoms with Gasteiger partial charge in [0.25, 0.3) is 0 Å². The second-order valence-electron chi connectivity index (χ2n) is 7.47. The van der Waals surface area contributed by atoms with Gasteiger partial charge in [-0.1, -0.05) is 92.2 Å². The Kier molecular flexibility index (Phi) is 6.63. The third-order valence-electron chi connectivity index (χ3n) is 5.43. The Labute approximate surface area is 178 Å². The molecular formula is C27H29NO2. The van der Waals surface area contributed by atoms with Crippen molar-refractivity contribution in [1.29, 1.82) is 0 Å². The van der Waals surface area contributed by atoms with Crippen molar-refractivity contribution in [3.05, 3.63) is 108 Å². The summed E-state index contributed by atoms with van der Waals surface area (Å²) in [5, 5.41) is 1.24. The summed E-state index contributed by atoms with van der Waals surface area (Å²) in [6, 6.07) is 31.1. The fourth-order valence-electron chi connectivity index (χ4n) is 3.84. The van der Waals surface area contributed by atoms with Crippen molar-refractivity contribution in [2.75, 3.05) is 13.2 Å². The van der Waals surface area contributed by atoms with Gasteiger partial charge in [0.1, 0.15) is 0 Å². The number of hydrogen-bond acceptors (Lipinski definition) is 2. The number of aromatic nitrogens is 1. The molecule has 0 aliphatic carbocycles. The van der Waals surface area contributed by atoms with E-state index in [1.54, 1.807) is 0 Å². The van der Waals surface area contributed by atoms with E-state index in [1.807, 2.05) is 36.4 Å². The Bertz CT molecular complexity index is 1000. The van der Waals surface area contributed by atoms with Crippen LogP contribution in [0.2, 0.25) is 0 Å². The normalized spacial score (nSPS) is 11.8. The largest absolute Gasteiger partial charge is 0.345 e. The van der Waals surface area contributed by atoms with Crippen molar-refractivity contribution in [2.24, 2.45) is 0 Å². The molecule has 154 valence electrons. The van der Waals surface area contributed by atoms with Gasteiger partial charge in [-0.05, 0) is 23.9 Å². The number of para-hydroxylation sites is 1. The minimum atomic E-state index is -0.916. The lowest BCUT2D eigenvalue weighted by atomic mass is 9.97. The van der Waals surface area contributed by atoms with E-state index >= 15 is 0 Å². The van der Waals surface area contributed by atoms with Gasteiger partial charge in [-0.2, -0.15) is 0 Å². The van der Waals surface area contributed by atoms with Crippen LogP contribution < -0.4 is 0 Å². The van der Waals surface area contributed by atoms with Gasteiger partial charge in [-0.25, -0.2) is 0 Å². The van der Waals surface area contributed by atoms with E-state index in [2.05, 4.69) is 72.3 Å². The van der Waals surface area contributed by atoms with E-state index in [-0.39, 0.29) is 0 Å². The van der Waals surface area contributed by atoms with Crippen LogP contribution in [0.15, 0.2) is 97.2 Å². The second-order valence-corrected chi connectivity index (χ2v) is 7.47. The average Bonchev–Trinajstić information content (AvgIpc) is 3.22. The molecule has 1 aromatic heterocycles. The van der Waals surface area contributed by atoms with Crippen LogP contribution in [0.4, 0.5) is 0 Å². The molecule has 0 N–H and O–H groups in total. The fraction of sp³-hybridized carbons (Fsp3) is 0.259. The maximum absolute atomic E-state index is 6.63. The third kappa shape index (κ3) is 4.33. The molecule has 0 fully saturated rings. The summed E-state index contributed by atoms with van der Waals surface area (Å²) in [7, 11) is 0. The van der Waals surface area contributed by atoms with Crippen LogP contribution >= 0.6 is 0 Å². The number of fused-ring (bicyclic) bond motifs is 1. The molecule has 3 nitrogen and oxygen atoms in total. The Balaban J connectivity index is 1.63. The Hall–Kier alpha value is -2.88. The highest BCUT2D eigenvalue weighted by Crippen LogP contribution is 2.35. The molecule has 0 spiro atoms. The Morgan fingerprint density at radius 2 is 1.30 bits per heavy atom. The van der Waals surface area contributed by atoms with Gasteiger partial charge < -0.3 is 14.0 Å². The molecule has 3 aromatic carbocycles. The SMILES string of the molecule is CCCCOC(OCCn1ccc2ccccc21)(c1ccccc1)c1ccccc1. The first-order chi connectivity index (χ1) is 14.8. The first-order valence-corrected chi connectivity index (χ1v) is 10.8. The van der Waals surface area contributed by atoms with Crippen LogP contribution in [-0.4, -0.2) is 17.8 Å². The molecular weight excluding hydrogens is 370 g/mol. The van der Waals surface area contributed by atoms with E-state index in [0.29, 0.717) is 13.2 Å². The van der Waals surface area contributed by atoms with E-state index in [4.69, 9.17) is 9.47 Å². The van der Waals surface area contributed by atoms with Crippen molar-refractivity contribution in [3.8, 4) is 0 Å². The predicted octanol–water partition coefficient (Wildman–Crippen LogP) is 6.38. The quantitative estimate of drug-likeness (QED) is 0.228. The molecule has 0 unspecified atom stereocenters. The summed E-state index contributed by atoms with van der Waals surface area (Å²) >= 11 is 0. The van der Waals surface area contributed by atoms with Crippen LogP contribution in [-0.2, 0) is 21.8 Å². The standard InChI is InChI=1S/C27H29NO2/c1-2-3-21-29-27(24-13-6-4-7-14-24,25-15-8-5-9-16-25)30-22-20-28-19-18-23-12-10-11-17-26(23)28/h4-19H,2-3,20-22H2,1H3. The van der Waals surface area contributed by atoms with Crippen molar-refractivity contribution >= 4 is 10.9 Å². The first kappa shape index (κ1) is 20.4. The number of ether oxygens (including phenoxy) is 2. The third-order valence-corrected chi connectivity index (χ3v) is 5.43. The summed E-state index contributed by atoms with van der Waals surface area (Å²) in [4.78, 5) is 0. The highest BCUT2D eigenvalue weighted by molar-refractivity contribution is 5.79. The van der Waals surface area contributed by atoms with E-state index in [1.165, 1.54) is 10.9 Å². The average molecular weight is 400 g/mol. The Morgan fingerprint density at radius 1 is 0.700 bits per heavy atom. The maximum Gasteiger partial charge on any atom is 0.222 e. The second kappa shape index (κ2) is 9.75. The molecule has 3 heteroatoms. The van der Waals surface area contributed by atoms with Crippen LogP contribution in [0.1, 0.15) is 30.9 Å². The van der Waals surface area contributed by atoms with E-state index in [0.717, 1.165) is 30.5 Å². The maximum atomic E-state index is 6.63. The number of rotatable bonds is 10. The lowest BCUT2D eigenvalue weighted by molar-refractivity contribution is -0.219. The minimum Gasteiger partial charge on any atom is -0.345 e. The first-order valence-electron chi connectivity index (χ1n) is 10.8. The number of unbranched alkanes of at least 4 members (excludes halogenated alkanes) is 1. The Morgan fingerprint density at radius 3 is 1.97 bits per heavy atom. The zero-order valence-electron chi connectivity index (χ0n) is 17.5. The fourth-order valence-corrected chi connectivity index (χ4v) is 3.84. The molecule has 0 radical (unpaired) electrons. The summed E-state index contributed by atoms with van der Waals surface area (Å²) in [5.74, 6) is -0.916. The lowest BCUT2D eigenvalue weighted by Crippen LogP contribution is -2.36. The van der Waals surface area contributed by atoms with Crippen LogP contribution in [0.3, 0.4) is 0 Å². The zero-order chi connectivity index (χ0) is 20.7. The van der Waals surface area contributed by atoms with Gasteiger partial charge in [0, 0.05) is 29.4 Å². The smallest absolute Gasteiger partial charge is 0.222 e. The molecule has 0 amide bonds. The van der Waals surface area contributed by atoms with Crippen molar-refractivity contribution in [1.82, 2.24) is 4.57 Å². The zero-order valence-corrected chi connectivity index (χ0v) is 17.5. The van der Waals surface area contributed by atoms with Gasteiger partial charge in [0.05, 0.1) is 13.2 Å². The van der Waals surface area contributed by atoms with Crippen LogP contribution in [0, 0.1) is 0 Å². The number of nitrogens with zero attached hydrogens (tertiary/aromatic N) is 1. The van der Waals surface area contributed by atoms with E-state index in [9.17, 15) is 0 Å². The summed E-state index contributed by atoms with van der Waals surface area (Å²) < 4.78 is 15.4. The van der Waals surface area contributed by atoms with Crippen molar-refractivity contribution < 1.29 is 9.47 Å². The van der Waals surface area contributed by atoms with Gasteiger partial charge in [0.15, 0.2) is 0 Å². The molecule has 0 atom stereocenters. The molecule has 0 saturated carbocycles. The predicted molar refractivity (Wildman–Crippen MR) is 122 cm³/mol. The van der Waals surface area contributed by atoms with E-state index < -0.39 is 5.79 Å². The molecule has 0 aliphatic heterocycles. The van der Waals surface area contributed by atoms with Gasteiger partial charge in [0.2, 0.25) is 5.79 Å². The van der Waals surface area contributed by atoms with Gasteiger partial charge in [-0.3, -0.25) is 0 Å². The molecule has 4 aromatic rings. The lowest BCUT2D eigenvalue weighted by Gasteiger charge is -2.35. The van der Waals surface area contributed by atoms with Crippen molar-refractivity contribution in [2.45, 2.75) is 32.1 Å². The minimum absolute atomic E-state index is 0.536. The van der Waals surface area contributed by atoms with Gasteiger partial charge >= 0.3 is 0 Å². The summed E-state index contributed by atoms with van der Waals surface area (Å²) in [6.07, 6.45) is 4.20. The number of benzene rings is 3. The topological polar surface area (TPSA) is 23.4 Å². The molecule has 0 bridgehead atoms. The number of hydrogen-bond donors (Lipinski definition) is 0. The monoisotopic (exact) mass is 399 g/mol. The summed E-state index contributed by atoms with van der Waals surface area (Å²) in [5.41, 5.74) is 3.26. The summed E-state index contributed by atoms with van der Waals surface area (Å²) in [6.45, 7) is 4.11. The molecule has 0 saturated heterocycles. The van der Waals surface area contributed by atoms with Crippen LogP contribution in [0.25, 0.3) is 10.9 Å². The molecule has 1 heterocycles. The molecule has 4 rings (SSSR count). The highest BCUT2D eigenvalue weighted by atomic mass is 16.7. The van der Waals surface area contributed by atoms with Crippen LogP contribution in [0.5, 0.6) is 0 Å². The molecule has 0 aliphatic rings.